The fraction of sp³-hybridized carbons (Fsp3) is 0.273. The van der Waals surface area contributed by atoms with Crippen molar-refractivity contribution in [2.24, 2.45) is 5.16 Å². The lowest BCUT2D eigenvalue weighted by Crippen LogP contribution is -2.18. The first kappa shape index (κ1) is 12.5. The summed E-state index contributed by atoms with van der Waals surface area (Å²) in [6.45, 7) is 3.15. The second-order valence-electron chi connectivity index (χ2n) is 3.27. The number of nitrogens with zero attached hydrogens (tertiary/aromatic N) is 1. The molecule has 1 unspecified atom stereocenters. The van der Waals surface area contributed by atoms with Crippen molar-refractivity contribution in [2.75, 3.05) is 0 Å². The van der Waals surface area contributed by atoms with Gasteiger partial charge in [0.05, 0.1) is 5.71 Å². The summed E-state index contributed by atoms with van der Waals surface area (Å²) in [7, 11) is 0. The highest BCUT2D eigenvalue weighted by molar-refractivity contribution is 6.30. The molecule has 0 radical (unpaired) electrons. The first-order valence-electron chi connectivity index (χ1n) is 4.70. The summed E-state index contributed by atoms with van der Waals surface area (Å²) in [5.41, 5.74) is 1.44. The first-order valence-corrected chi connectivity index (χ1v) is 5.07. The van der Waals surface area contributed by atoms with Gasteiger partial charge in [0.25, 0.3) is 0 Å². The highest BCUT2D eigenvalue weighted by Gasteiger charge is 2.11. The SMILES string of the molecule is C/C(=N\OC(C)C(=O)O)c1ccc(Cl)cc1. The summed E-state index contributed by atoms with van der Waals surface area (Å²) >= 11 is 5.74. The largest absolute Gasteiger partial charge is 0.478 e. The molecule has 1 aromatic rings. The second-order valence-corrected chi connectivity index (χ2v) is 3.71. The van der Waals surface area contributed by atoms with Gasteiger partial charge in [-0.05, 0) is 31.5 Å². The lowest BCUT2D eigenvalue weighted by molar-refractivity contribution is -0.149. The molecule has 5 heteroatoms. The third-order valence-corrected chi connectivity index (χ3v) is 2.21. The van der Waals surface area contributed by atoms with Crippen LogP contribution in [0.5, 0.6) is 0 Å². The zero-order valence-electron chi connectivity index (χ0n) is 8.98. The van der Waals surface area contributed by atoms with Gasteiger partial charge >= 0.3 is 5.97 Å². The Kier molecular flexibility index (Phi) is 4.31. The van der Waals surface area contributed by atoms with Gasteiger partial charge in [-0.15, -0.1) is 0 Å². The van der Waals surface area contributed by atoms with Gasteiger partial charge in [0, 0.05) is 5.02 Å². The summed E-state index contributed by atoms with van der Waals surface area (Å²) in [6.07, 6.45) is -0.956. The molecular weight excluding hydrogens is 230 g/mol. The molecule has 1 atom stereocenters. The summed E-state index contributed by atoms with van der Waals surface area (Å²) in [4.78, 5) is 15.3. The first-order chi connectivity index (χ1) is 7.50. The molecular formula is C11H12ClNO3. The third-order valence-electron chi connectivity index (χ3n) is 1.96. The molecule has 4 nitrogen and oxygen atoms in total. The molecule has 1 rings (SSSR count). The van der Waals surface area contributed by atoms with Crippen LogP contribution in [0.1, 0.15) is 19.4 Å². The maximum absolute atomic E-state index is 10.5. The Labute approximate surface area is 98.5 Å². The molecule has 0 amide bonds. The number of carbonyl (C=O) groups is 1. The normalized spacial score (nSPS) is 13.3. The van der Waals surface area contributed by atoms with Gasteiger partial charge < -0.3 is 9.94 Å². The van der Waals surface area contributed by atoms with Crippen LogP contribution in [0.3, 0.4) is 0 Å². The van der Waals surface area contributed by atoms with Crippen LogP contribution in [0, 0.1) is 0 Å². The molecule has 16 heavy (non-hydrogen) atoms. The summed E-state index contributed by atoms with van der Waals surface area (Å²) in [5, 5.41) is 13.0. The van der Waals surface area contributed by atoms with Crippen molar-refractivity contribution in [2.45, 2.75) is 20.0 Å². The average molecular weight is 242 g/mol. The summed E-state index contributed by atoms with van der Waals surface area (Å²) < 4.78 is 0. The van der Waals surface area contributed by atoms with E-state index in [-0.39, 0.29) is 0 Å². The fourth-order valence-corrected chi connectivity index (χ4v) is 1.07. The predicted molar refractivity (Wildman–Crippen MR) is 61.8 cm³/mol. The van der Waals surface area contributed by atoms with Crippen LogP contribution in [0.25, 0.3) is 0 Å². The molecule has 1 N–H and O–H groups in total. The van der Waals surface area contributed by atoms with E-state index in [4.69, 9.17) is 21.5 Å². The van der Waals surface area contributed by atoms with E-state index in [2.05, 4.69) is 5.16 Å². The molecule has 0 saturated carbocycles. The fourth-order valence-electron chi connectivity index (χ4n) is 0.947. The van der Waals surface area contributed by atoms with E-state index >= 15 is 0 Å². The molecule has 0 spiro atoms. The Hall–Kier alpha value is -1.55. The molecule has 0 bridgehead atoms. The monoisotopic (exact) mass is 241 g/mol. The van der Waals surface area contributed by atoms with Crippen LogP contribution in [-0.4, -0.2) is 22.9 Å². The summed E-state index contributed by atoms with van der Waals surface area (Å²) in [6, 6.07) is 7.04. The molecule has 86 valence electrons. The number of halogens is 1. The van der Waals surface area contributed by atoms with Crippen molar-refractivity contribution < 1.29 is 14.7 Å². The Balaban J connectivity index is 2.70. The number of benzene rings is 1. The number of rotatable bonds is 4. The predicted octanol–water partition coefficient (Wildman–Crippen LogP) is 2.55. The van der Waals surface area contributed by atoms with Crippen molar-refractivity contribution in [3.05, 3.63) is 34.9 Å². The minimum absolute atomic E-state index is 0.602. The zero-order valence-corrected chi connectivity index (χ0v) is 9.73. The number of hydrogen-bond acceptors (Lipinski definition) is 3. The number of hydrogen-bond donors (Lipinski definition) is 1. The van der Waals surface area contributed by atoms with E-state index < -0.39 is 12.1 Å². The van der Waals surface area contributed by atoms with Crippen molar-refractivity contribution in [1.29, 1.82) is 0 Å². The Bertz CT molecular complexity index is 400. The van der Waals surface area contributed by atoms with Gasteiger partial charge in [-0.2, -0.15) is 0 Å². The van der Waals surface area contributed by atoms with E-state index in [9.17, 15) is 4.79 Å². The average Bonchev–Trinajstić information content (AvgIpc) is 2.26. The number of aliphatic carboxylic acids is 1. The molecule has 0 aliphatic carbocycles. The third kappa shape index (κ3) is 3.55. The van der Waals surface area contributed by atoms with E-state index in [1.807, 2.05) is 0 Å². The van der Waals surface area contributed by atoms with Crippen LogP contribution in [0.2, 0.25) is 5.02 Å². The maximum Gasteiger partial charge on any atom is 0.347 e. The standard InChI is InChI=1S/C11H12ClNO3/c1-7(13-16-8(2)11(14)15)9-3-5-10(12)6-4-9/h3-6,8H,1-2H3,(H,14,15)/b13-7+. The van der Waals surface area contributed by atoms with Gasteiger partial charge in [-0.3, -0.25) is 0 Å². The quantitative estimate of drug-likeness (QED) is 0.651. The molecule has 1 aromatic carbocycles. The molecule has 0 aliphatic rings. The van der Waals surface area contributed by atoms with Crippen LogP contribution < -0.4 is 0 Å². The van der Waals surface area contributed by atoms with Gasteiger partial charge in [0.15, 0.2) is 0 Å². The Morgan fingerprint density at radius 1 is 1.44 bits per heavy atom. The number of oxime groups is 1. The van der Waals surface area contributed by atoms with E-state index in [1.54, 1.807) is 31.2 Å². The lowest BCUT2D eigenvalue weighted by Gasteiger charge is -2.05. The molecule has 0 fully saturated rings. The highest BCUT2D eigenvalue weighted by Crippen LogP contribution is 2.10. The van der Waals surface area contributed by atoms with Gasteiger partial charge in [0.2, 0.25) is 6.10 Å². The lowest BCUT2D eigenvalue weighted by atomic mass is 10.1. The number of carboxylic acids is 1. The maximum atomic E-state index is 10.5. The topological polar surface area (TPSA) is 58.9 Å². The van der Waals surface area contributed by atoms with Crippen molar-refractivity contribution in [3.8, 4) is 0 Å². The van der Waals surface area contributed by atoms with Crippen LogP contribution in [0.15, 0.2) is 29.4 Å². The zero-order chi connectivity index (χ0) is 12.1. The van der Waals surface area contributed by atoms with E-state index in [1.165, 1.54) is 6.92 Å². The van der Waals surface area contributed by atoms with Gasteiger partial charge in [-0.25, -0.2) is 4.79 Å². The molecule has 0 heterocycles. The molecule has 0 aromatic heterocycles. The van der Waals surface area contributed by atoms with Crippen LogP contribution >= 0.6 is 11.6 Å². The van der Waals surface area contributed by atoms with Gasteiger partial charge in [0.1, 0.15) is 0 Å². The molecule has 0 aliphatic heterocycles. The van der Waals surface area contributed by atoms with Gasteiger partial charge in [-0.1, -0.05) is 28.9 Å². The minimum atomic E-state index is -1.05. The highest BCUT2D eigenvalue weighted by atomic mass is 35.5. The van der Waals surface area contributed by atoms with E-state index in [0.29, 0.717) is 10.7 Å². The minimum Gasteiger partial charge on any atom is -0.478 e. The van der Waals surface area contributed by atoms with Crippen molar-refractivity contribution >= 4 is 23.3 Å². The number of carboxylic acid groups (broad SMARTS) is 1. The van der Waals surface area contributed by atoms with Crippen molar-refractivity contribution in [3.63, 3.8) is 0 Å². The van der Waals surface area contributed by atoms with Crippen LogP contribution in [-0.2, 0) is 9.63 Å². The van der Waals surface area contributed by atoms with E-state index in [0.717, 1.165) is 5.56 Å². The Morgan fingerprint density at radius 2 is 2.00 bits per heavy atom. The second kappa shape index (κ2) is 5.51. The summed E-state index contributed by atoms with van der Waals surface area (Å²) in [5.74, 6) is -1.05. The molecule has 0 saturated heterocycles. The Morgan fingerprint density at radius 3 is 2.50 bits per heavy atom. The van der Waals surface area contributed by atoms with Crippen LogP contribution in [0.4, 0.5) is 0 Å². The smallest absolute Gasteiger partial charge is 0.347 e. The van der Waals surface area contributed by atoms with Crippen molar-refractivity contribution in [1.82, 2.24) is 0 Å².